The Bertz CT molecular complexity index is 1240. The van der Waals surface area contributed by atoms with Crippen molar-refractivity contribution in [1.82, 2.24) is 14.5 Å². The quantitative estimate of drug-likeness (QED) is 0.498. The van der Waals surface area contributed by atoms with Crippen molar-refractivity contribution < 1.29 is 31.4 Å². The van der Waals surface area contributed by atoms with Gasteiger partial charge in [0.05, 0.1) is 6.20 Å². The second kappa shape index (κ2) is 8.92. The van der Waals surface area contributed by atoms with Gasteiger partial charge in [-0.25, -0.2) is 18.6 Å². The second-order valence-electron chi connectivity index (χ2n) is 7.79. The minimum atomic E-state index is -4.65. The highest BCUT2D eigenvalue weighted by molar-refractivity contribution is 5.44. The number of aromatic nitrogens is 3. The Morgan fingerprint density at radius 1 is 1.15 bits per heavy atom. The first-order chi connectivity index (χ1) is 16.0. The summed E-state index contributed by atoms with van der Waals surface area (Å²) < 4.78 is 78.8. The standard InChI is InChI=1S/C22H19F5N4O3/c1-12-5-6-31-19(30(12)2)9-18(29-21(31)32)33-11-13-7-15(23)20(16(24)8-13)34-14-3-4-17(28-10-14)22(25,26)27/h3-4,7-10,12H,5-6,11H2,1-2H3. The van der Waals surface area contributed by atoms with Gasteiger partial charge in [-0.3, -0.25) is 4.57 Å². The summed E-state index contributed by atoms with van der Waals surface area (Å²) in [5.41, 5.74) is -1.56. The van der Waals surface area contributed by atoms with Crippen LogP contribution in [-0.2, 0) is 19.3 Å². The Morgan fingerprint density at radius 3 is 2.47 bits per heavy atom. The van der Waals surface area contributed by atoms with Crippen LogP contribution in [0.15, 0.2) is 41.3 Å². The van der Waals surface area contributed by atoms with E-state index in [4.69, 9.17) is 9.47 Å². The van der Waals surface area contributed by atoms with E-state index in [2.05, 4.69) is 9.97 Å². The van der Waals surface area contributed by atoms with Gasteiger partial charge < -0.3 is 14.4 Å². The van der Waals surface area contributed by atoms with Crippen molar-refractivity contribution in [2.45, 2.75) is 38.7 Å². The summed E-state index contributed by atoms with van der Waals surface area (Å²) in [7, 11) is 1.84. The Labute approximate surface area is 190 Å². The molecule has 4 rings (SSSR count). The van der Waals surface area contributed by atoms with E-state index in [1.807, 2.05) is 18.9 Å². The van der Waals surface area contributed by atoms with Crippen LogP contribution in [0.5, 0.6) is 17.4 Å². The summed E-state index contributed by atoms with van der Waals surface area (Å²) in [5, 5.41) is 0. The molecule has 3 heterocycles. The lowest BCUT2D eigenvalue weighted by molar-refractivity contribution is -0.141. The molecule has 34 heavy (non-hydrogen) atoms. The van der Waals surface area contributed by atoms with Gasteiger partial charge in [0.15, 0.2) is 17.4 Å². The number of nitrogens with zero attached hydrogens (tertiary/aromatic N) is 4. The predicted octanol–water partition coefficient (Wildman–Crippen LogP) is 4.54. The van der Waals surface area contributed by atoms with E-state index in [0.29, 0.717) is 18.4 Å². The molecule has 12 heteroatoms. The molecule has 1 unspecified atom stereocenters. The monoisotopic (exact) mass is 482 g/mol. The molecular weight excluding hydrogens is 463 g/mol. The van der Waals surface area contributed by atoms with Crippen LogP contribution < -0.4 is 20.1 Å². The average molecular weight is 482 g/mol. The molecule has 1 aliphatic heterocycles. The maximum Gasteiger partial charge on any atom is 0.433 e. The number of hydrogen-bond acceptors (Lipinski definition) is 6. The van der Waals surface area contributed by atoms with Gasteiger partial charge in [-0.2, -0.15) is 18.2 Å². The van der Waals surface area contributed by atoms with E-state index in [-0.39, 0.29) is 29.8 Å². The van der Waals surface area contributed by atoms with E-state index in [1.54, 1.807) is 6.07 Å². The van der Waals surface area contributed by atoms with Crippen LogP contribution in [0.1, 0.15) is 24.6 Å². The van der Waals surface area contributed by atoms with Crippen LogP contribution >= 0.6 is 0 Å². The van der Waals surface area contributed by atoms with Crippen LogP contribution in [-0.4, -0.2) is 27.6 Å². The van der Waals surface area contributed by atoms with Crippen LogP contribution in [0.4, 0.5) is 27.8 Å². The molecule has 1 aromatic carbocycles. The summed E-state index contributed by atoms with van der Waals surface area (Å²) in [6, 6.07) is 5.25. The molecule has 0 radical (unpaired) electrons. The third-order valence-electron chi connectivity index (χ3n) is 5.45. The lowest BCUT2D eigenvalue weighted by Gasteiger charge is -2.34. The highest BCUT2D eigenvalue weighted by Gasteiger charge is 2.32. The molecule has 0 aliphatic carbocycles. The van der Waals surface area contributed by atoms with Gasteiger partial charge in [-0.1, -0.05) is 0 Å². The summed E-state index contributed by atoms with van der Waals surface area (Å²) in [6.45, 7) is 2.26. The molecule has 0 saturated heterocycles. The Kier molecular flexibility index (Phi) is 6.15. The van der Waals surface area contributed by atoms with Crippen molar-refractivity contribution in [3.05, 3.63) is 69.9 Å². The SMILES string of the molecule is CC1CCn2c(cc(OCc3cc(F)c(Oc4ccc(C(F)(F)F)nc4)c(F)c3)nc2=O)N1C. The van der Waals surface area contributed by atoms with E-state index in [1.165, 1.54) is 4.57 Å². The zero-order valence-corrected chi connectivity index (χ0v) is 18.1. The number of anilines is 1. The van der Waals surface area contributed by atoms with Crippen LogP contribution in [0, 0.1) is 11.6 Å². The van der Waals surface area contributed by atoms with Crippen molar-refractivity contribution in [2.24, 2.45) is 0 Å². The van der Waals surface area contributed by atoms with Crippen LogP contribution in [0.2, 0.25) is 0 Å². The van der Waals surface area contributed by atoms with Crippen molar-refractivity contribution in [2.75, 3.05) is 11.9 Å². The maximum atomic E-state index is 14.5. The van der Waals surface area contributed by atoms with Gasteiger partial charge in [0.2, 0.25) is 5.88 Å². The number of ether oxygens (including phenoxy) is 2. The molecule has 0 spiro atoms. The molecule has 0 saturated carbocycles. The predicted molar refractivity (Wildman–Crippen MR) is 111 cm³/mol. The summed E-state index contributed by atoms with van der Waals surface area (Å²) in [5.74, 6) is -2.62. The van der Waals surface area contributed by atoms with Crippen LogP contribution in [0.25, 0.3) is 0 Å². The van der Waals surface area contributed by atoms with Crippen molar-refractivity contribution in [3.63, 3.8) is 0 Å². The number of pyridine rings is 1. The number of rotatable bonds is 5. The first-order valence-corrected chi connectivity index (χ1v) is 10.2. The molecule has 180 valence electrons. The second-order valence-corrected chi connectivity index (χ2v) is 7.79. The third kappa shape index (κ3) is 4.80. The highest BCUT2D eigenvalue weighted by atomic mass is 19.4. The van der Waals surface area contributed by atoms with Gasteiger partial charge in [0.25, 0.3) is 0 Å². The van der Waals surface area contributed by atoms with Gasteiger partial charge in [-0.15, -0.1) is 0 Å². The zero-order valence-electron chi connectivity index (χ0n) is 18.1. The number of hydrogen-bond donors (Lipinski definition) is 0. The molecule has 7 nitrogen and oxygen atoms in total. The molecule has 0 amide bonds. The van der Waals surface area contributed by atoms with E-state index in [9.17, 15) is 26.7 Å². The first kappa shape index (κ1) is 23.5. The fourth-order valence-corrected chi connectivity index (χ4v) is 3.46. The molecule has 1 aliphatic rings. The fourth-order valence-electron chi connectivity index (χ4n) is 3.46. The lowest BCUT2D eigenvalue weighted by Crippen LogP contribution is -2.41. The minimum absolute atomic E-state index is 0.00849. The van der Waals surface area contributed by atoms with Gasteiger partial charge in [0.1, 0.15) is 23.9 Å². The largest absolute Gasteiger partial charge is 0.473 e. The van der Waals surface area contributed by atoms with Crippen LogP contribution in [0.3, 0.4) is 0 Å². The normalized spacial score (nSPS) is 15.7. The molecule has 0 N–H and O–H groups in total. The number of halogens is 5. The highest BCUT2D eigenvalue weighted by Crippen LogP contribution is 2.32. The summed E-state index contributed by atoms with van der Waals surface area (Å²) >= 11 is 0. The van der Waals surface area contributed by atoms with Crippen molar-refractivity contribution in [1.29, 1.82) is 0 Å². The van der Waals surface area contributed by atoms with Crippen molar-refractivity contribution >= 4 is 5.82 Å². The summed E-state index contributed by atoms with van der Waals surface area (Å²) in [4.78, 5) is 21.3. The maximum absolute atomic E-state index is 14.5. The topological polar surface area (TPSA) is 69.5 Å². The average Bonchev–Trinajstić information content (AvgIpc) is 2.77. The number of alkyl halides is 3. The molecule has 2 aromatic heterocycles. The first-order valence-electron chi connectivity index (χ1n) is 10.2. The molecule has 3 aromatic rings. The smallest absolute Gasteiger partial charge is 0.433 e. The molecule has 1 atom stereocenters. The van der Waals surface area contributed by atoms with Gasteiger partial charge in [0, 0.05) is 25.7 Å². The lowest BCUT2D eigenvalue weighted by atomic mass is 10.1. The van der Waals surface area contributed by atoms with E-state index >= 15 is 0 Å². The van der Waals surface area contributed by atoms with E-state index < -0.39 is 34.9 Å². The number of fused-ring (bicyclic) bond motifs is 1. The van der Waals surface area contributed by atoms with Crippen molar-refractivity contribution in [3.8, 4) is 17.4 Å². The van der Waals surface area contributed by atoms with Gasteiger partial charge >= 0.3 is 11.9 Å². The minimum Gasteiger partial charge on any atom is -0.473 e. The Morgan fingerprint density at radius 2 is 1.85 bits per heavy atom. The fraction of sp³-hybridized carbons (Fsp3) is 0.318. The third-order valence-corrected chi connectivity index (χ3v) is 5.45. The number of benzene rings is 1. The zero-order chi connectivity index (χ0) is 24.6. The molecule has 0 bridgehead atoms. The Hall–Kier alpha value is -3.70. The Balaban J connectivity index is 1.49. The summed E-state index contributed by atoms with van der Waals surface area (Å²) in [6.07, 6.45) is -3.14. The van der Waals surface area contributed by atoms with E-state index in [0.717, 1.165) is 30.8 Å². The molecular formula is C22H19F5N4O3. The van der Waals surface area contributed by atoms with Gasteiger partial charge in [-0.05, 0) is 43.2 Å². The molecule has 0 fully saturated rings.